The van der Waals surface area contributed by atoms with E-state index in [0.717, 1.165) is 66.8 Å². The van der Waals surface area contributed by atoms with Gasteiger partial charge in [0.1, 0.15) is 11.9 Å². The molecule has 31 heavy (non-hydrogen) atoms. The molecule has 1 aliphatic heterocycles. The highest BCUT2D eigenvalue weighted by atomic mass is 16.1. The molecule has 3 heterocycles. The lowest BCUT2D eigenvalue weighted by molar-refractivity contribution is -0.126. The molecule has 1 aliphatic carbocycles. The molecule has 6 nitrogen and oxygen atoms in total. The summed E-state index contributed by atoms with van der Waals surface area (Å²) in [6, 6.07) is 12.8. The minimum absolute atomic E-state index is 0.213. The molecule has 0 atom stereocenters. The Labute approximate surface area is 182 Å². The summed E-state index contributed by atoms with van der Waals surface area (Å²) in [7, 11) is 0. The molecule has 160 valence electrons. The number of piperidine rings is 1. The summed E-state index contributed by atoms with van der Waals surface area (Å²) >= 11 is 0. The van der Waals surface area contributed by atoms with Gasteiger partial charge in [0, 0.05) is 25.0 Å². The van der Waals surface area contributed by atoms with Crippen molar-refractivity contribution in [2.75, 3.05) is 18.0 Å². The van der Waals surface area contributed by atoms with E-state index in [0.29, 0.717) is 5.56 Å². The van der Waals surface area contributed by atoms with Gasteiger partial charge in [-0.05, 0) is 56.4 Å². The molecule has 2 aromatic heterocycles. The van der Waals surface area contributed by atoms with Gasteiger partial charge in [0.2, 0.25) is 5.91 Å². The van der Waals surface area contributed by atoms with Crippen molar-refractivity contribution in [1.29, 1.82) is 5.26 Å². The van der Waals surface area contributed by atoms with Gasteiger partial charge in [-0.15, -0.1) is 0 Å². The molecular formula is C25H29N5O. The van der Waals surface area contributed by atoms with E-state index in [1.165, 1.54) is 19.3 Å². The quantitative estimate of drug-likeness (QED) is 0.691. The van der Waals surface area contributed by atoms with E-state index >= 15 is 0 Å². The number of nitrogens with zero attached hydrogens (tertiary/aromatic N) is 4. The fraction of sp³-hybridized carbons (Fsp3) is 0.480. The highest BCUT2D eigenvalue weighted by molar-refractivity contribution is 5.85. The highest BCUT2D eigenvalue weighted by Gasteiger charge is 2.27. The van der Waals surface area contributed by atoms with E-state index in [1.807, 2.05) is 25.1 Å². The summed E-state index contributed by atoms with van der Waals surface area (Å²) in [5.74, 6) is 1.55. The van der Waals surface area contributed by atoms with Crippen LogP contribution in [0.5, 0.6) is 0 Å². The predicted octanol–water partition coefficient (Wildman–Crippen LogP) is 4.33. The largest absolute Gasteiger partial charge is 0.358 e. The van der Waals surface area contributed by atoms with Crippen LogP contribution in [0.15, 0.2) is 30.3 Å². The van der Waals surface area contributed by atoms with Gasteiger partial charge < -0.3 is 10.2 Å². The zero-order valence-corrected chi connectivity index (χ0v) is 18.1. The Balaban J connectivity index is 1.38. The van der Waals surface area contributed by atoms with Crippen LogP contribution in [-0.4, -0.2) is 34.4 Å². The van der Waals surface area contributed by atoms with E-state index in [1.54, 1.807) is 0 Å². The van der Waals surface area contributed by atoms with E-state index < -0.39 is 0 Å². The Morgan fingerprint density at radius 1 is 1.13 bits per heavy atom. The lowest BCUT2D eigenvalue weighted by atomic mass is 9.88. The van der Waals surface area contributed by atoms with Crippen molar-refractivity contribution < 1.29 is 4.79 Å². The van der Waals surface area contributed by atoms with Gasteiger partial charge in [-0.2, -0.15) is 5.26 Å². The molecule has 1 N–H and O–H groups in total. The molecule has 1 saturated carbocycles. The maximum Gasteiger partial charge on any atom is 0.223 e. The van der Waals surface area contributed by atoms with Crippen LogP contribution >= 0.6 is 0 Å². The first-order valence-corrected chi connectivity index (χ1v) is 11.5. The number of para-hydroxylation sites is 2. The van der Waals surface area contributed by atoms with Crippen LogP contribution in [0.4, 0.5) is 5.82 Å². The Kier molecular flexibility index (Phi) is 5.27. The van der Waals surface area contributed by atoms with Crippen LogP contribution in [-0.2, 0) is 4.79 Å². The fourth-order valence-electron chi connectivity index (χ4n) is 5.24. The van der Waals surface area contributed by atoms with Crippen LogP contribution in [0.2, 0.25) is 0 Å². The molecule has 5 rings (SSSR count). The molecule has 0 radical (unpaired) electrons. The minimum atomic E-state index is 0.213. The topological polar surface area (TPSA) is 73.4 Å². The lowest BCUT2D eigenvalue weighted by Crippen LogP contribution is -2.47. The summed E-state index contributed by atoms with van der Waals surface area (Å²) in [5, 5.41) is 13.0. The second-order valence-corrected chi connectivity index (χ2v) is 9.04. The number of pyridine rings is 1. The van der Waals surface area contributed by atoms with Gasteiger partial charge in [-0.3, -0.25) is 9.20 Å². The molecule has 0 bridgehead atoms. The Morgan fingerprint density at radius 2 is 1.87 bits per heavy atom. The van der Waals surface area contributed by atoms with E-state index in [4.69, 9.17) is 4.98 Å². The zero-order chi connectivity index (χ0) is 21.4. The number of fused-ring (bicyclic) bond motifs is 3. The number of nitrogens with one attached hydrogen (secondary N) is 1. The molecule has 1 amide bonds. The van der Waals surface area contributed by atoms with Crippen LogP contribution in [0.1, 0.15) is 56.1 Å². The lowest BCUT2D eigenvalue weighted by Gasteiger charge is -2.35. The number of nitriles is 1. The number of amides is 1. The Bertz CT molecular complexity index is 1160. The maximum absolute atomic E-state index is 12.7. The number of imidazole rings is 1. The van der Waals surface area contributed by atoms with Gasteiger partial charge in [0.25, 0.3) is 0 Å². The van der Waals surface area contributed by atoms with Crippen molar-refractivity contribution in [2.24, 2.45) is 5.92 Å². The summed E-state index contributed by atoms with van der Waals surface area (Å²) in [6.07, 6.45) is 7.59. The normalized spacial score (nSPS) is 18.4. The van der Waals surface area contributed by atoms with Gasteiger partial charge in [-0.1, -0.05) is 31.4 Å². The van der Waals surface area contributed by atoms with Gasteiger partial charge in [-0.25, -0.2) is 4.98 Å². The monoisotopic (exact) mass is 415 g/mol. The average Bonchev–Trinajstić information content (AvgIpc) is 3.19. The summed E-state index contributed by atoms with van der Waals surface area (Å²) < 4.78 is 2.13. The van der Waals surface area contributed by atoms with Gasteiger partial charge in [0.15, 0.2) is 5.65 Å². The first kappa shape index (κ1) is 19.9. The SMILES string of the molecule is Cc1cc(N2CCC(NC(=O)C3CCCCC3)CC2)n2c(nc3ccccc32)c1C#N. The Morgan fingerprint density at radius 3 is 2.61 bits per heavy atom. The van der Waals surface area contributed by atoms with Crippen LogP contribution in [0.25, 0.3) is 16.7 Å². The Hall–Kier alpha value is -3.07. The minimum Gasteiger partial charge on any atom is -0.358 e. The zero-order valence-electron chi connectivity index (χ0n) is 18.1. The summed E-state index contributed by atoms with van der Waals surface area (Å²) in [5.41, 5.74) is 4.24. The number of benzene rings is 1. The first-order valence-electron chi connectivity index (χ1n) is 11.5. The smallest absolute Gasteiger partial charge is 0.223 e. The second kappa shape index (κ2) is 8.22. The maximum atomic E-state index is 12.7. The molecule has 0 spiro atoms. The molecule has 2 aliphatic rings. The van der Waals surface area contributed by atoms with Crippen molar-refractivity contribution in [3.05, 3.63) is 41.5 Å². The number of carbonyl (C=O) groups is 1. The number of rotatable bonds is 3. The van der Waals surface area contributed by atoms with Gasteiger partial charge in [0.05, 0.1) is 16.6 Å². The number of hydrogen-bond acceptors (Lipinski definition) is 4. The fourth-order valence-corrected chi connectivity index (χ4v) is 5.24. The van der Waals surface area contributed by atoms with Crippen molar-refractivity contribution in [3.63, 3.8) is 0 Å². The summed E-state index contributed by atoms with van der Waals surface area (Å²) in [6.45, 7) is 3.74. The predicted molar refractivity (Wildman–Crippen MR) is 122 cm³/mol. The third kappa shape index (κ3) is 3.63. The van der Waals surface area contributed by atoms with Crippen LogP contribution < -0.4 is 10.2 Å². The van der Waals surface area contributed by atoms with E-state index in [2.05, 4.69) is 32.8 Å². The molecule has 6 heteroatoms. The van der Waals surface area contributed by atoms with Crippen molar-refractivity contribution in [3.8, 4) is 6.07 Å². The van der Waals surface area contributed by atoms with Crippen LogP contribution in [0, 0.1) is 24.2 Å². The number of anilines is 1. The molecule has 2 fully saturated rings. The van der Waals surface area contributed by atoms with Crippen molar-refractivity contribution in [2.45, 2.75) is 57.9 Å². The molecule has 0 unspecified atom stereocenters. The van der Waals surface area contributed by atoms with E-state index in [-0.39, 0.29) is 17.9 Å². The van der Waals surface area contributed by atoms with Crippen molar-refractivity contribution in [1.82, 2.24) is 14.7 Å². The van der Waals surface area contributed by atoms with Crippen molar-refractivity contribution >= 4 is 28.4 Å². The number of aryl methyl sites for hydroxylation is 1. The molecular weight excluding hydrogens is 386 g/mol. The third-order valence-electron chi connectivity index (χ3n) is 7.01. The average molecular weight is 416 g/mol. The third-order valence-corrected chi connectivity index (χ3v) is 7.01. The first-order chi connectivity index (χ1) is 15.2. The number of aromatic nitrogens is 2. The summed E-state index contributed by atoms with van der Waals surface area (Å²) in [4.78, 5) is 19.8. The van der Waals surface area contributed by atoms with Crippen LogP contribution in [0.3, 0.4) is 0 Å². The number of carbonyl (C=O) groups excluding carboxylic acids is 1. The molecule has 1 saturated heterocycles. The van der Waals surface area contributed by atoms with E-state index in [9.17, 15) is 10.1 Å². The second-order valence-electron chi connectivity index (χ2n) is 9.04. The standard InChI is InChI=1S/C25H29N5O/c1-17-15-23(30-22-10-6-5-9-21(22)28-24(30)20(17)16-26)29-13-11-19(12-14-29)27-25(31)18-7-3-2-4-8-18/h5-6,9-10,15,18-19H,2-4,7-8,11-14H2,1H3,(H,27,31). The highest BCUT2D eigenvalue weighted by Crippen LogP contribution is 2.30. The molecule has 1 aromatic carbocycles. The molecule has 3 aromatic rings. The van der Waals surface area contributed by atoms with Gasteiger partial charge >= 0.3 is 0 Å². The number of hydrogen-bond donors (Lipinski definition) is 1.